The van der Waals surface area contributed by atoms with Crippen LogP contribution in [-0.4, -0.2) is 28.6 Å². The molecule has 0 radical (unpaired) electrons. The summed E-state index contributed by atoms with van der Waals surface area (Å²) >= 11 is 1.70. The maximum Gasteiger partial charge on any atom is 0.453 e. The molecule has 0 aliphatic heterocycles. The number of hydrogen-bond acceptors (Lipinski definition) is 2. The number of alkyl halides is 5. The van der Waals surface area contributed by atoms with Crippen molar-refractivity contribution in [2.24, 2.45) is 4.99 Å². The third-order valence-corrected chi connectivity index (χ3v) is 3.26. The predicted octanol–water partition coefficient (Wildman–Crippen LogP) is 4.74. The lowest BCUT2D eigenvalue weighted by Gasteiger charge is -2.19. The summed E-state index contributed by atoms with van der Waals surface area (Å²) in [5.74, 6) is -5.48. The van der Waals surface area contributed by atoms with Gasteiger partial charge in [0.15, 0.2) is 5.82 Å². The van der Waals surface area contributed by atoms with Crippen LogP contribution in [-0.2, 0) is 6.54 Å². The van der Waals surface area contributed by atoms with Crippen molar-refractivity contribution in [3.8, 4) is 0 Å². The van der Waals surface area contributed by atoms with E-state index in [-0.39, 0.29) is 15.1 Å². The highest BCUT2D eigenvalue weighted by molar-refractivity contribution is 14.1. The number of aliphatic imine (C=N–C) groups is 1. The smallest absolute Gasteiger partial charge is 0.246 e. The number of aromatic nitrogens is 2. The van der Waals surface area contributed by atoms with Gasteiger partial charge in [-0.25, -0.2) is 14.1 Å². The number of aryl methyl sites for hydroxylation is 1. The molecule has 0 atom stereocenters. The lowest BCUT2D eigenvalue weighted by Crippen LogP contribution is -2.37. The van der Waals surface area contributed by atoms with Crippen molar-refractivity contribution in [2.75, 3.05) is 0 Å². The molecule has 0 fully saturated rings. The first-order valence-electron chi connectivity index (χ1n) is 5.51. The second-order valence-corrected chi connectivity index (χ2v) is 5.11. The minimum absolute atomic E-state index is 0.0608. The van der Waals surface area contributed by atoms with Gasteiger partial charge in [0.1, 0.15) is 3.70 Å². The molecule has 0 unspecified atom stereocenters. The minimum Gasteiger partial charge on any atom is -0.246 e. The van der Waals surface area contributed by atoms with Gasteiger partial charge in [0.25, 0.3) is 0 Å². The van der Waals surface area contributed by atoms with Gasteiger partial charge < -0.3 is 0 Å². The molecular weight excluding hydrogens is 415 g/mol. The summed E-state index contributed by atoms with van der Waals surface area (Å²) in [6.45, 7) is 3.62. The van der Waals surface area contributed by atoms with E-state index in [1.54, 1.807) is 22.6 Å². The molecule has 0 saturated carbocycles. The molecule has 0 N–H and O–H groups in total. The van der Waals surface area contributed by atoms with Gasteiger partial charge in [-0.05, 0) is 42.3 Å². The molecule has 0 saturated heterocycles. The highest BCUT2D eigenvalue weighted by Gasteiger charge is 2.56. The zero-order valence-electron chi connectivity index (χ0n) is 10.7. The van der Waals surface area contributed by atoms with Crippen molar-refractivity contribution < 1.29 is 26.3 Å². The Hall–Kier alpha value is -1.07. The van der Waals surface area contributed by atoms with Gasteiger partial charge in [-0.15, -0.1) is 0 Å². The Bertz CT molecular complexity index is 557. The van der Waals surface area contributed by atoms with Crippen molar-refractivity contribution >= 4 is 41.2 Å². The Kier molecular flexibility index (Phi) is 5.45. The van der Waals surface area contributed by atoms with Gasteiger partial charge in [0, 0.05) is 13.0 Å². The van der Waals surface area contributed by atoms with Gasteiger partial charge in [0.05, 0.1) is 11.4 Å². The first-order chi connectivity index (χ1) is 9.49. The lowest BCUT2D eigenvalue weighted by atomic mass is 10.2. The largest absolute Gasteiger partial charge is 0.453 e. The van der Waals surface area contributed by atoms with Crippen LogP contribution in [0.4, 0.5) is 32.2 Å². The SMILES string of the molecule is C=Nc1c(/C=C(\C)F)c(I)nn1CCC(F)(F)C(F)(F)F. The molecule has 3 nitrogen and oxygen atoms in total. The molecule has 10 heteroatoms. The first-order valence-corrected chi connectivity index (χ1v) is 6.59. The van der Waals surface area contributed by atoms with Crippen LogP contribution >= 0.6 is 22.6 Å². The summed E-state index contributed by atoms with van der Waals surface area (Å²) < 4.78 is 76.1. The number of nitrogens with zero attached hydrogens (tertiary/aromatic N) is 3. The van der Waals surface area contributed by atoms with Gasteiger partial charge in [-0.3, -0.25) is 0 Å². The molecule has 118 valence electrons. The fourth-order valence-electron chi connectivity index (χ4n) is 1.47. The van der Waals surface area contributed by atoms with E-state index in [1.165, 1.54) is 0 Å². The topological polar surface area (TPSA) is 30.2 Å². The van der Waals surface area contributed by atoms with E-state index < -0.39 is 30.9 Å². The van der Waals surface area contributed by atoms with Crippen LogP contribution in [0.5, 0.6) is 0 Å². The molecule has 0 aromatic carbocycles. The van der Waals surface area contributed by atoms with E-state index in [0.29, 0.717) is 0 Å². The molecule has 1 rings (SSSR count). The summed E-state index contributed by atoms with van der Waals surface area (Å²) in [4.78, 5) is 3.52. The monoisotopic (exact) mass is 425 g/mol. The summed E-state index contributed by atoms with van der Waals surface area (Å²) in [5.41, 5.74) is 0.181. The van der Waals surface area contributed by atoms with E-state index in [0.717, 1.165) is 17.7 Å². The molecule has 1 heterocycles. The van der Waals surface area contributed by atoms with Crippen molar-refractivity contribution in [3.63, 3.8) is 0 Å². The maximum atomic E-state index is 12.9. The Morgan fingerprint density at radius 2 is 1.95 bits per heavy atom. The average Bonchev–Trinajstić information content (AvgIpc) is 2.61. The quantitative estimate of drug-likeness (QED) is 0.381. The molecule has 21 heavy (non-hydrogen) atoms. The van der Waals surface area contributed by atoms with Crippen LogP contribution in [0.2, 0.25) is 0 Å². The molecule has 0 bridgehead atoms. The number of hydrogen-bond donors (Lipinski definition) is 0. The Labute approximate surface area is 129 Å². The van der Waals surface area contributed by atoms with Gasteiger partial charge >= 0.3 is 12.1 Å². The van der Waals surface area contributed by atoms with Crippen LogP contribution < -0.4 is 0 Å². The molecule has 0 amide bonds. The highest BCUT2D eigenvalue weighted by Crippen LogP contribution is 2.39. The normalized spacial score (nSPS) is 13.6. The second kappa shape index (κ2) is 6.36. The van der Waals surface area contributed by atoms with Crippen molar-refractivity contribution in [1.82, 2.24) is 9.78 Å². The third-order valence-electron chi connectivity index (χ3n) is 2.46. The maximum absolute atomic E-state index is 12.9. The summed E-state index contributed by atoms with van der Waals surface area (Å²) in [7, 11) is 0. The Morgan fingerprint density at radius 1 is 1.38 bits per heavy atom. The van der Waals surface area contributed by atoms with E-state index in [4.69, 9.17) is 0 Å². The van der Waals surface area contributed by atoms with Crippen LogP contribution in [0, 0.1) is 3.70 Å². The van der Waals surface area contributed by atoms with Gasteiger partial charge in [-0.1, -0.05) is 0 Å². The van der Waals surface area contributed by atoms with E-state index >= 15 is 0 Å². The predicted molar refractivity (Wildman–Crippen MR) is 74.5 cm³/mol. The lowest BCUT2D eigenvalue weighted by molar-refractivity contribution is -0.285. The molecule has 0 aliphatic rings. The van der Waals surface area contributed by atoms with Crippen molar-refractivity contribution in [3.05, 3.63) is 15.1 Å². The van der Waals surface area contributed by atoms with Crippen LogP contribution in [0.25, 0.3) is 6.08 Å². The zero-order valence-corrected chi connectivity index (χ0v) is 12.8. The fourth-order valence-corrected chi connectivity index (χ4v) is 2.13. The number of halogens is 7. The van der Waals surface area contributed by atoms with E-state index in [2.05, 4.69) is 16.8 Å². The number of rotatable bonds is 5. The Morgan fingerprint density at radius 3 is 2.38 bits per heavy atom. The molecule has 0 aliphatic carbocycles. The summed E-state index contributed by atoms with van der Waals surface area (Å²) in [6, 6.07) is 0. The van der Waals surface area contributed by atoms with E-state index in [1.807, 2.05) is 0 Å². The number of allylic oxidation sites excluding steroid dienone is 1. The standard InChI is InChI=1S/C11H10F6IN3/c1-6(12)5-7-8(18)20-21(9(7)19-2)4-3-10(13,14)11(15,16)17/h5H,2-4H2,1H3/b6-5+. The fraction of sp³-hybridized carbons (Fsp3) is 0.455. The Balaban J connectivity index is 3.06. The summed E-state index contributed by atoms with van der Waals surface area (Å²) in [6.07, 6.45) is -6.07. The summed E-state index contributed by atoms with van der Waals surface area (Å²) in [5, 5.41) is 3.78. The molecular formula is C11H10F6IN3. The van der Waals surface area contributed by atoms with Gasteiger partial charge in [0.2, 0.25) is 0 Å². The van der Waals surface area contributed by atoms with Crippen LogP contribution in [0.3, 0.4) is 0 Å². The van der Waals surface area contributed by atoms with Crippen molar-refractivity contribution in [1.29, 1.82) is 0 Å². The first kappa shape index (κ1) is 18.0. The zero-order chi connectivity index (χ0) is 16.4. The minimum atomic E-state index is -5.63. The highest BCUT2D eigenvalue weighted by atomic mass is 127. The van der Waals surface area contributed by atoms with Gasteiger partial charge in [-0.2, -0.15) is 27.1 Å². The average molecular weight is 425 g/mol. The van der Waals surface area contributed by atoms with Crippen molar-refractivity contribution in [2.45, 2.75) is 32.0 Å². The molecule has 1 aromatic rings. The van der Waals surface area contributed by atoms with Crippen LogP contribution in [0.15, 0.2) is 10.8 Å². The second-order valence-electron chi connectivity index (χ2n) is 4.09. The third kappa shape index (κ3) is 4.20. The molecule has 0 spiro atoms. The van der Waals surface area contributed by atoms with E-state index in [9.17, 15) is 26.3 Å². The van der Waals surface area contributed by atoms with Crippen LogP contribution in [0.1, 0.15) is 18.9 Å². The molecule has 1 aromatic heterocycles.